The predicted octanol–water partition coefficient (Wildman–Crippen LogP) is 3.82. The fraction of sp³-hybridized carbons (Fsp3) is 0.476. The van der Waals surface area contributed by atoms with E-state index in [1.807, 2.05) is 0 Å². The molecule has 0 fully saturated rings. The lowest BCUT2D eigenvalue weighted by molar-refractivity contribution is 0.0525. The van der Waals surface area contributed by atoms with Gasteiger partial charge in [0.15, 0.2) is 11.4 Å². The molecule has 1 unspecified atom stereocenters. The van der Waals surface area contributed by atoms with Gasteiger partial charge in [0.2, 0.25) is 0 Å². The van der Waals surface area contributed by atoms with Gasteiger partial charge in [-0.3, -0.25) is 4.79 Å². The molecule has 8 nitrogen and oxygen atoms in total. The molecule has 0 saturated heterocycles. The predicted molar refractivity (Wildman–Crippen MR) is 112 cm³/mol. The topological polar surface area (TPSA) is 118 Å². The molecule has 0 aromatic carbocycles. The SMILES string of the molecule is CCOC(=O)c1c(NC(=O)c2nccnc2C(=O)O)sc2c1CCC(C(C)(C)C)C2. The average molecular weight is 432 g/mol. The molecule has 0 aliphatic heterocycles. The van der Waals surface area contributed by atoms with Crippen LogP contribution in [0.2, 0.25) is 0 Å². The second-order valence-electron chi connectivity index (χ2n) is 8.25. The number of aromatic nitrogens is 2. The van der Waals surface area contributed by atoms with E-state index in [1.165, 1.54) is 23.7 Å². The van der Waals surface area contributed by atoms with Crippen LogP contribution < -0.4 is 5.32 Å². The summed E-state index contributed by atoms with van der Waals surface area (Å²) in [5.74, 6) is -2.10. The number of fused-ring (bicyclic) bond motifs is 1. The maximum atomic E-state index is 12.8. The molecule has 0 bridgehead atoms. The van der Waals surface area contributed by atoms with E-state index in [1.54, 1.807) is 6.92 Å². The summed E-state index contributed by atoms with van der Waals surface area (Å²) in [7, 11) is 0. The van der Waals surface area contributed by atoms with Gasteiger partial charge in [-0.05, 0) is 43.1 Å². The number of esters is 1. The highest BCUT2D eigenvalue weighted by molar-refractivity contribution is 7.17. The Kier molecular flexibility index (Phi) is 6.21. The molecule has 2 heterocycles. The standard InChI is InChI=1S/C21H25N3O5S/c1-5-29-20(28)14-12-7-6-11(21(2,3)4)10-13(12)30-18(14)24-17(25)15-16(19(26)27)23-9-8-22-15/h8-9,11H,5-7,10H2,1-4H3,(H,24,25)(H,26,27). The third-order valence-electron chi connectivity index (χ3n) is 5.31. The molecule has 2 aromatic heterocycles. The number of ether oxygens (including phenoxy) is 1. The van der Waals surface area contributed by atoms with Crippen molar-refractivity contribution in [2.75, 3.05) is 11.9 Å². The molecule has 3 rings (SSSR count). The molecule has 9 heteroatoms. The molecule has 0 saturated carbocycles. The Balaban J connectivity index is 1.99. The van der Waals surface area contributed by atoms with Crippen molar-refractivity contribution in [2.24, 2.45) is 11.3 Å². The van der Waals surface area contributed by atoms with Crippen LogP contribution in [0.1, 0.15) is 75.9 Å². The Labute approximate surface area is 178 Å². The Morgan fingerprint density at radius 2 is 1.90 bits per heavy atom. The highest BCUT2D eigenvalue weighted by atomic mass is 32.1. The molecule has 2 aromatic rings. The fourth-order valence-corrected chi connectivity index (χ4v) is 4.97. The first kappa shape index (κ1) is 21.9. The first-order chi connectivity index (χ1) is 14.1. The van der Waals surface area contributed by atoms with E-state index in [4.69, 9.17) is 4.74 Å². The summed E-state index contributed by atoms with van der Waals surface area (Å²) < 4.78 is 5.23. The summed E-state index contributed by atoms with van der Waals surface area (Å²) in [6.07, 6.45) is 4.95. The minimum absolute atomic E-state index is 0.130. The highest BCUT2D eigenvalue weighted by Gasteiger charge is 2.35. The highest BCUT2D eigenvalue weighted by Crippen LogP contribution is 2.44. The second kappa shape index (κ2) is 8.51. The van der Waals surface area contributed by atoms with Gasteiger partial charge in [0.05, 0.1) is 12.2 Å². The Morgan fingerprint density at radius 3 is 2.50 bits per heavy atom. The lowest BCUT2D eigenvalue weighted by Crippen LogP contribution is -2.26. The number of carboxylic acids is 1. The van der Waals surface area contributed by atoms with Crippen molar-refractivity contribution in [3.05, 3.63) is 39.8 Å². The molecule has 2 N–H and O–H groups in total. The Morgan fingerprint density at radius 1 is 1.23 bits per heavy atom. The number of hydrogen-bond donors (Lipinski definition) is 2. The largest absolute Gasteiger partial charge is 0.476 e. The number of nitrogens with one attached hydrogen (secondary N) is 1. The van der Waals surface area contributed by atoms with Crippen LogP contribution >= 0.6 is 11.3 Å². The van der Waals surface area contributed by atoms with E-state index in [2.05, 4.69) is 36.1 Å². The van der Waals surface area contributed by atoms with Gasteiger partial charge in [-0.15, -0.1) is 11.3 Å². The van der Waals surface area contributed by atoms with Gasteiger partial charge < -0.3 is 15.2 Å². The van der Waals surface area contributed by atoms with E-state index in [-0.39, 0.29) is 17.7 Å². The zero-order valence-corrected chi connectivity index (χ0v) is 18.3. The van der Waals surface area contributed by atoms with Crippen LogP contribution in [-0.4, -0.2) is 39.5 Å². The van der Waals surface area contributed by atoms with E-state index in [0.29, 0.717) is 16.5 Å². The number of hydrogen-bond acceptors (Lipinski definition) is 7. The van der Waals surface area contributed by atoms with Crippen molar-refractivity contribution in [3.63, 3.8) is 0 Å². The van der Waals surface area contributed by atoms with Crippen molar-refractivity contribution >= 4 is 34.2 Å². The smallest absolute Gasteiger partial charge is 0.356 e. The number of thiophene rings is 1. The number of rotatable bonds is 5. The third kappa shape index (κ3) is 4.35. The molecular formula is C21H25N3O5S. The zero-order valence-electron chi connectivity index (χ0n) is 17.4. The zero-order chi connectivity index (χ0) is 22.1. The summed E-state index contributed by atoms with van der Waals surface area (Å²) in [6.45, 7) is 8.55. The quantitative estimate of drug-likeness (QED) is 0.691. The van der Waals surface area contributed by atoms with Crippen LogP contribution in [0.15, 0.2) is 12.4 Å². The first-order valence-electron chi connectivity index (χ1n) is 9.80. The summed E-state index contributed by atoms with van der Waals surface area (Å²) in [6, 6.07) is 0. The molecule has 1 aliphatic carbocycles. The summed E-state index contributed by atoms with van der Waals surface area (Å²) in [5, 5.41) is 12.3. The van der Waals surface area contributed by atoms with Crippen LogP contribution in [-0.2, 0) is 17.6 Å². The molecule has 30 heavy (non-hydrogen) atoms. The van der Waals surface area contributed by atoms with E-state index < -0.39 is 23.5 Å². The fourth-order valence-electron chi connectivity index (χ4n) is 3.66. The van der Waals surface area contributed by atoms with Gasteiger partial charge in [-0.2, -0.15) is 0 Å². The summed E-state index contributed by atoms with van der Waals surface area (Å²) >= 11 is 1.34. The van der Waals surface area contributed by atoms with Crippen LogP contribution in [0, 0.1) is 11.3 Å². The maximum absolute atomic E-state index is 12.8. The van der Waals surface area contributed by atoms with Crippen molar-refractivity contribution in [2.45, 2.75) is 47.0 Å². The van der Waals surface area contributed by atoms with Gasteiger partial charge in [0.25, 0.3) is 5.91 Å². The molecule has 1 atom stereocenters. The number of carboxylic acid groups (broad SMARTS) is 1. The summed E-state index contributed by atoms with van der Waals surface area (Å²) in [4.78, 5) is 45.5. The number of carbonyl (C=O) groups excluding carboxylic acids is 2. The molecule has 1 aliphatic rings. The molecule has 0 spiro atoms. The van der Waals surface area contributed by atoms with Gasteiger partial charge in [-0.1, -0.05) is 20.8 Å². The Bertz CT molecular complexity index is 993. The van der Waals surface area contributed by atoms with Gasteiger partial charge in [0.1, 0.15) is 5.00 Å². The van der Waals surface area contributed by atoms with Gasteiger partial charge in [0, 0.05) is 17.3 Å². The Hall–Kier alpha value is -2.81. The number of nitrogens with zero attached hydrogens (tertiary/aromatic N) is 2. The van der Waals surface area contributed by atoms with Crippen LogP contribution in [0.25, 0.3) is 0 Å². The van der Waals surface area contributed by atoms with Crippen LogP contribution in [0.3, 0.4) is 0 Å². The second-order valence-corrected chi connectivity index (χ2v) is 9.35. The maximum Gasteiger partial charge on any atom is 0.356 e. The number of anilines is 1. The minimum atomic E-state index is -1.35. The van der Waals surface area contributed by atoms with Gasteiger partial charge in [-0.25, -0.2) is 19.6 Å². The van der Waals surface area contributed by atoms with Crippen LogP contribution in [0.4, 0.5) is 5.00 Å². The van der Waals surface area contributed by atoms with Crippen molar-refractivity contribution in [1.82, 2.24) is 9.97 Å². The number of amides is 1. The lowest BCUT2D eigenvalue weighted by Gasteiger charge is -2.33. The molecule has 1 amide bonds. The van der Waals surface area contributed by atoms with Crippen molar-refractivity contribution in [3.8, 4) is 0 Å². The molecule has 0 radical (unpaired) electrons. The van der Waals surface area contributed by atoms with Crippen molar-refractivity contribution in [1.29, 1.82) is 0 Å². The first-order valence-corrected chi connectivity index (χ1v) is 10.6. The van der Waals surface area contributed by atoms with Gasteiger partial charge >= 0.3 is 11.9 Å². The number of aromatic carboxylic acids is 1. The van der Waals surface area contributed by atoms with Crippen molar-refractivity contribution < 1.29 is 24.2 Å². The van der Waals surface area contributed by atoms with E-state index in [0.717, 1.165) is 29.7 Å². The normalized spacial score (nSPS) is 15.9. The monoisotopic (exact) mass is 431 g/mol. The lowest BCUT2D eigenvalue weighted by atomic mass is 9.72. The third-order valence-corrected chi connectivity index (χ3v) is 6.48. The molecule has 160 valence electrons. The average Bonchev–Trinajstić information content (AvgIpc) is 3.04. The summed E-state index contributed by atoms with van der Waals surface area (Å²) in [5.41, 5.74) is 0.649. The van der Waals surface area contributed by atoms with E-state index in [9.17, 15) is 19.5 Å². The molecular weight excluding hydrogens is 406 g/mol. The van der Waals surface area contributed by atoms with Crippen LogP contribution in [0.5, 0.6) is 0 Å². The number of carbonyl (C=O) groups is 3. The minimum Gasteiger partial charge on any atom is -0.476 e. The van der Waals surface area contributed by atoms with E-state index >= 15 is 0 Å².